The molecule has 198 valence electrons. The molecule has 1 aromatic rings. The normalized spacial score (nSPS) is 19.4. The number of nitrogens with one attached hydrogen (secondary N) is 4. The molecular weight excluding hydrogens is 482 g/mol. The van der Waals surface area contributed by atoms with E-state index < -0.39 is 11.2 Å². The van der Waals surface area contributed by atoms with Gasteiger partial charge in [-0.3, -0.25) is 19.8 Å². The summed E-state index contributed by atoms with van der Waals surface area (Å²) in [5.41, 5.74) is 12.2. The monoisotopic (exact) mass is 519 g/mol. The molecule has 3 amide bonds. The number of hydrazine groups is 1. The molecule has 0 radical (unpaired) electrons. The Labute approximate surface area is 216 Å². The molecule has 2 aliphatic rings. The van der Waals surface area contributed by atoms with Crippen molar-refractivity contribution in [3.8, 4) is 0 Å². The standard InChI is InChI=1S/C24H37N7O4S/c1-2-31-23(35)19(36-24(31)20(25)22(34)29-28-10-14-32)16-27-18-8-5-7-17(15-18)21(33)26-9-6-13-30-11-3-4-12-30/h5,7-8,15,19,27-28,32H,2-4,6,9-14,16,25H2,1H3,(H,26,33)(H,29,34)/b24-20+/t19-/m1/s1. The Kier molecular flexibility index (Phi) is 10.9. The number of nitrogens with zero attached hydrogens (tertiary/aromatic N) is 2. The Hall–Kier alpha value is -2.80. The lowest BCUT2D eigenvalue weighted by atomic mass is 10.2. The van der Waals surface area contributed by atoms with Crippen LogP contribution in [-0.4, -0.2) is 90.3 Å². The van der Waals surface area contributed by atoms with Gasteiger partial charge in [0.05, 0.1) is 6.61 Å². The van der Waals surface area contributed by atoms with E-state index in [4.69, 9.17) is 10.8 Å². The Morgan fingerprint density at radius 2 is 2.00 bits per heavy atom. The number of likely N-dealkylation sites (tertiary alicyclic amines) is 1. The molecule has 2 heterocycles. The molecule has 0 aliphatic carbocycles. The fraction of sp³-hybridized carbons (Fsp3) is 0.542. The molecule has 0 spiro atoms. The molecule has 3 rings (SSSR count). The first kappa shape index (κ1) is 27.8. The fourth-order valence-corrected chi connectivity index (χ4v) is 5.35. The minimum atomic E-state index is -0.565. The number of nitrogens with two attached hydrogens (primary N) is 1. The van der Waals surface area contributed by atoms with E-state index in [0.29, 0.717) is 30.2 Å². The molecule has 12 heteroatoms. The lowest BCUT2D eigenvalue weighted by Crippen LogP contribution is -2.42. The fourth-order valence-electron chi connectivity index (χ4n) is 4.12. The highest BCUT2D eigenvalue weighted by Crippen LogP contribution is 2.36. The number of thioether (sulfide) groups is 1. The number of benzene rings is 1. The van der Waals surface area contributed by atoms with Crippen LogP contribution in [0.3, 0.4) is 0 Å². The van der Waals surface area contributed by atoms with Crippen LogP contribution in [0.25, 0.3) is 0 Å². The number of carbonyl (C=O) groups excluding carboxylic acids is 3. The molecule has 11 nitrogen and oxygen atoms in total. The lowest BCUT2D eigenvalue weighted by Gasteiger charge is -2.16. The van der Waals surface area contributed by atoms with Crippen LogP contribution in [0.4, 0.5) is 5.69 Å². The summed E-state index contributed by atoms with van der Waals surface area (Å²) in [6.07, 6.45) is 3.45. The van der Waals surface area contributed by atoms with Gasteiger partial charge in [0.15, 0.2) is 0 Å². The Morgan fingerprint density at radius 3 is 2.72 bits per heavy atom. The predicted molar refractivity (Wildman–Crippen MR) is 141 cm³/mol. The van der Waals surface area contributed by atoms with Crippen molar-refractivity contribution in [1.29, 1.82) is 0 Å². The second kappa shape index (κ2) is 14.1. The number of hydrogen-bond donors (Lipinski definition) is 6. The van der Waals surface area contributed by atoms with Crippen LogP contribution >= 0.6 is 11.8 Å². The topological polar surface area (TPSA) is 152 Å². The first-order valence-corrected chi connectivity index (χ1v) is 13.3. The van der Waals surface area contributed by atoms with Crippen LogP contribution in [0.5, 0.6) is 0 Å². The van der Waals surface area contributed by atoms with Crippen LogP contribution in [0.1, 0.15) is 36.5 Å². The molecule has 0 aromatic heterocycles. The van der Waals surface area contributed by atoms with E-state index in [1.165, 1.54) is 29.5 Å². The minimum absolute atomic E-state index is 0.0634. The van der Waals surface area contributed by atoms with Gasteiger partial charge in [-0.15, -0.1) is 0 Å². The van der Waals surface area contributed by atoms with Crippen molar-refractivity contribution in [2.24, 2.45) is 5.73 Å². The van der Waals surface area contributed by atoms with E-state index in [2.05, 4.69) is 26.4 Å². The number of aliphatic hydroxyl groups excluding tert-OH is 1. The van der Waals surface area contributed by atoms with Crippen LogP contribution in [-0.2, 0) is 9.59 Å². The number of amides is 3. The quantitative estimate of drug-likeness (QED) is 0.120. The lowest BCUT2D eigenvalue weighted by molar-refractivity contribution is -0.127. The smallest absolute Gasteiger partial charge is 0.283 e. The minimum Gasteiger partial charge on any atom is -0.395 e. The molecule has 0 bridgehead atoms. The van der Waals surface area contributed by atoms with Crippen molar-refractivity contribution in [2.45, 2.75) is 31.4 Å². The Morgan fingerprint density at radius 1 is 1.22 bits per heavy atom. The maximum absolute atomic E-state index is 12.9. The molecule has 1 atom stereocenters. The van der Waals surface area contributed by atoms with Crippen molar-refractivity contribution in [3.05, 3.63) is 40.6 Å². The van der Waals surface area contributed by atoms with Gasteiger partial charge in [0, 0.05) is 37.4 Å². The highest BCUT2D eigenvalue weighted by atomic mass is 32.2. The van der Waals surface area contributed by atoms with Crippen LogP contribution in [0.15, 0.2) is 35.0 Å². The van der Waals surface area contributed by atoms with Crippen molar-refractivity contribution in [2.75, 3.05) is 57.7 Å². The molecule has 36 heavy (non-hydrogen) atoms. The van der Waals surface area contributed by atoms with Gasteiger partial charge >= 0.3 is 0 Å². The van der Waals surface area contributed by atoms with Crippen molar-refractivity contribution < 1.29 is 19.5 Å². The second-order valence-corrected chi connectivity index (χ2v) is 9.82. The third-order valence-electron chi connectivity index (χ3n) is 6.02. The van der Waals surface area contributed by atoms with Gasteiger partial charge in [0.25, 0.3) is 11.8 Å². The number of aliphatic hydroxyl groups is 1. The first-order chi connectivity index (χ1) is 17.4. The number of hydrogen-bond acceptors (Lipinski definition) is 9. The van der Waals surface area contributed by atoms with Gasteiger partial charge < -0.3 is 31.3 Å². The van der Waals surface area contributed by atoms with Gasteiger partial charge in [-0.2, -0.15) is 0 Å². The summed E-state index contributed by atoms with van der Waals surface area (Å²) >= 11 is 1.23. The van der Waals surface area contributed by atoms with Gasteiger partial charge in [0.1, 0.15) is 16.0 Å². The summed E-state index contributed by atoms with van der Waals surface area (Å²) in [5, 5.41) is 15.0. The van der Waals surface area contributed by atoms with E-state index in [1.54, 1.807) is 18.2 Å². The Balaban J connectivity index is 1.52. The zero-order valence-corrected chi connectivity index (χ0v) is 21.5. The summed E-state index contributed by atoms with van der Waals surface area (Å²) < 4.78 is 0. The predicted octanol–water partition coefficient (Wildman–Crippen LogP) is 0.0190. The number of anilines is 1. The largest absolute Gasteiger partial charge is 0.395 e. The summed E-state index contributed by atoms with van der Waals surface area (Å²) in [6.45, 7) is 6.48. The summed E-state index contributed by atoms with van der Waals surface area (Å²) in [5.74, 6) is -0.830. The zero-order valence-electron chi connectivity index (χ0n) is 20.7. The van der Waals surface area contributed by atoms with Crippen LogP contribution in [0.2, 0.25) is 0 Å². The maximum atomic E-state index is 12.9. The maximum Gasteiger partial charge on any atom is 0.283 e. The van der Waals surface area contributed by atoms with Crippen molar-refractivity contribution >= 4 is 35.2 Å². The molecule has 7 N–H and O–H groups in total. The molecule has 2 fully saturated rings. The van der Waals surface area contributed by atoms with Crippen LogP contribution < -0.4 is 27.2 Å². The summed E-state index contributed by atoms with van der Waals surface area (Å²) in [6, 6.07) is 7.18. The van der Waals surface area contributed by atoms with Gasteiger partial charge in [-0.25, -0.2) is 5.43 Å². The van der Waals surface area contributed by atoms with Crippen molar-refractivity contribution in [1.82, 2.24) is 26.0 Å². The Bertz CT molecular complexity index is 952. The SMILES string of the molecule is CCN1C(=O)[C@@H](CNc2cccc(C(=O)NCCCN3CCCC3)c2)S/C1=C(/N)C(=O)NNCCO. The van der Waals surface area contributed by atoms with Gasteiger partial charge in [-0.05, 0) is 64.0 Å². The molecule has 0 unspecified atom stereocenters. The molecular formula is C24H37N7O4S. The van der Waals surface area contributed by atoms with E-state index in [-0.39, 0.29) is 30.7 Å². The molecule has 1 aromatic carbocycles. The third-order valence-corrected chi connectivity index (χ3v) is 7.34. The number of rotatable bonds is 13. The summed E-state index contributed by atoms with van der Waals surface area (Å²) in [4.78, 5) is 41.7. The highest BCUT2D eigenvalue weighted by molar-refractivity contribution is 8.04. The molecule has 2 aliphatic heterocycles. The van der Waals surface area contributed by atoms with Crippen LogP contribution in [0, 0.1) is 0 Å². The van der Waals surface area contributed by atoms with Gasteiger partial charge in [-0.1, -0.05) is 17.8 Å². The molecule has 0 saturated carbocycles. The van der Waals surface area contributed by atoms with E-state index >= 15 is 0 Å². The second-order valence-electron chi connectivity index (χ2n) is 8.63. The van der Waals surface area contributed by atoms with Crippen molar-refractivity contribution in [3.63, 3.8) is 0 Å². The first-order valence-electron chi connectivity index (χ1n) is 12.4. The average molecular weight is 520 g/mol. The number of carbonyl (C=O) groups is 3. The van der Waals surface area contributed by atoms with E-state index in [0.717, 1.165) is 31.7 Å². The summed E-state index contributed by atoms with van der Waals surface area (Å²) in [7, 11) is 0. The van der Waals surface area contributed by atoms with E-state index in [1.807, 2.05) is 13.0 Å². The van der Waals surface area contributed by atoms with Gasteiger partial charge in [0.2, 0.25) is 5.91 Å². The molecule has 2 saturated heterocycles. The zero-order chi connectivity index (χ0) is 25.9. The highest BCUT2D eigenvalue weighted by Gasteiger charge is 2.38. The third kappa shape index (κ3) is 7.60. The van der Waals surface area contributed by atoms with E-state index in [9.17, 15) is 14.4 Å². The average Bonchev–Trinajstić information content (AvgIpc) is 3.52.